The summed E-state index contributed by atoms with van der Waals surface area (Å²) in [5, 5.41) is 2.81. The number of methoxy groups -OCH3 is 1. The molecule has 1 heterocycles. The Labute approximate surface area is 164 Å². The van der Waals surface area contributed by atoms with E-state index in [0.717, 1.165) is 47.7 Å². The largest absolute Gasteiger partial charge is 0.497 e. The minimum absolute atomic E-state index is 0.203. The lowest BCUT2D eigenvalue weighted by Crippen LogP contribution is -2.22. The Morgan fingerprint density at radius 1 is 1.18 bits per heavy atom. The monoisotopic (exact) mass is 379 g/mol. The van der Waals surface area contributed by atoms with Crippen LogP contribution in [0.2, 0.25) is 0 Å². The van der Waals surface area contributed by atoms with Crippen molar-refractivity contribution in [3.8, 4) is 11.5 Å². The van der Waals surface area contributed by atoms with Crippen LogP contribution >= 0.6 is 0 Å². The predicted octanol–water partition coefficient (Wildman–Crippen LogP) is 3.71. The highest BCUT2D eigenvalue weighted by molar-refractivity contribution is 5.86. The molecule has 0 bridgehead atoms. The molecule has 0 fully saturated rings. The Morgan fingerprint density at radius 3 is 2.82 bits per heavy atom. The van der Waals surface area contributed by atoms with Gasteiger partial charge < -0.3 is 19.4 Å². The van der Waals surface area contributed by atoms with Crippen LogP contribution in [0.3, 0.4) is 0 Å². The van der Waals surface area contributed by atoms with Crippen molar-refractivity contribution in [1.29, 1.82) is 0 Å². The van der Waals surface area contributed by atoms with Crippen molar-refractivity contribution in [2.24, 2.45) is 0 Å². The van der Waals surface area contributed by atoms with Crippen LogP contribution in [-0.2, 0) is 17.9 Å². The van der Waals surface area contributed by atoms with E-state index in [0.29, 0.717) is 13.2 Å². The predicted molar refractivity (Wildman–Crippen MR) is 109 cm³/mol. The highest BCUT2D eigenvalue weighted by Crippen LogP contribution is 2.20. The molecule has 6 heteroatoms. The van der Waals surface area contributed by atoms with Gasteiger partial charge in [-0.2, -0.15) is 0 Å². The number of aromatic nitrogens is 2. The van der Waals surface area contributed by atoms with Crippen LogP contribution < -0.4 is 14.8 Å². The molecule has 0 saturated carbocycles. The number of nitrogens with zero attached hydrogens (tertiary/aromatic N) is 2. The summed E-state index contributed by atoms with van der Waals surface area (Å²) in [6, 6.07) is 15.6. The number of rotatable bonds is 10. The van der Waals surface area contributed by atoms with Gasteiger partial charge in [0.2, 0.25) is 5.91 Å². The number of carbonyl (C=O) groups is 1. The average molecular weight is 379 g/mol. The zero-order chi connectivity index (χ0) is 19.8. The van der Waals surface area contributed by atoms with Crippen molar-refractivity contribution in [3.63, 3.8) is 0 Å². The molecule has 0 saturated heterocycles. The van der Waals surface area contributed by atoms with Crippen LogP contribution in [0, 0.1) is 0 Å². The standard InChI is InChI=1S/C22H25N3O3/c1-3-22(26)23-16-21-24-19-11-4-5-12-20(19)25(21)13-6-7-14-28-18-10-8-9-17(15-18)27-2/h3-5,8-12,15H,1,6-7,13-14,16H2,2H3,(H,23,26). The van der Waals surface area contributed by atoms with E-state index in [1.165, 1.54) is 6.08 Å². The van der Waals surface area contributed by atoms with Crippen LogP contribution in [0.5, 0.6) is 11.5 Å². The molecule has 0 radical (unpaired) electrons. The average Bonchev–Trinajstić information content (AvgIpc) is 3.09. The number of hydrogen-bond donors (Lipinski definition) is 1. The van der Waals surface area contributed by atoms with Gasteiger partial charge in [-0.05, 0) is 43.2 Å². The molecule has 146 valence electrons. The van der Waals surface area contributed by atoms with E-state index < -0.39 is 0 Å². The Kier molecular flexibility index (Phi) is 6.68. The number of amides is 1. The van der Waals surface area contributed by atoms with E-state index in [1.807, 2.05) is 48.5 Å². The molecule has 0 aliphatic heterocycles. The lowest BCUT2D eigenvalue weighted by atomic mass is 10.3. The van der Waals surface area contributed by atoms with E-state index in [4.69, 9.17) is 9.47 Å². The fourth-order valence-corrected chi connectivity index (χ4v) is 3.00. The van der Waals surface area contributed by atoms with Crippen molar-refractivity contribution in [3.05, 3.63) is 67.0 Å². The first-order chi connectivity index (χ1) is 13.7. The van der Waals surface area contributed by atoms with E-state index in [-0.39, 0.29) is 5.91 Å². The van der Waals surface area contributed by atoms with Gasteiger partial charge in [0.25, 0.3) is 0 Å². The van der Waals surface area contributed by atoms with Crippen LogP contribution in [0.4, 0.5) is 0 Å². The molecule has 6 nitrogen and oxygen atoms in total. The SMILES string of the molecule is C=CC(=O)NCc1nc2ccccc2n1CCCCOc1cccc(OC)c1. The Morgan fingerprint density at radius 2 is 2.00 bits per heavy atom. The van der Waals surface area contributed by atoms with E-state index in [9.17, 15) is 4.79 Å². The second-order valence-electron chi connectivity index (χ2n) is 6.32. The molecule has 0 aliphatic rings. The topological polar surface area (TPSA) is 65.4 Å². The minimum atomic E-state index is -0.203. The maximum absolute atomic E-state index is 11.5. The number of imidazole rings is 1. The van der Waals surface area contributed by atoms with E-state index >= 15 is 0 Å². The molecular formula is C22H25N3O3. The molecule has 0 unspecified atom stereocenters. The van der Waals surface area contributed by atoms with Gasteiger partial charge in [-0.15, -0.1) is 0 Å². The van der Waals surface area contributed by atoms with Crippen molar-refractivity contribution in [2.75, 3.05) is 13.7 Å². The van der Waals surface area contributed by atoms with Gasteiger partial charge in [-0.3, -0.25) is 4.79 Å². The molecule has 1 amide bonds. The Balaban J connectivity index is 1.58. The number of carbonyl (C=O) groups excluding carboxylic acids is 1. The second-order valence-corrected chi connectivity index (χ2v) is 6.32. The summed E-state index contributed by atoms with van der Waals surface area (Å²) in [7, 11) is 1.64. The van der Waals surface area contributed by atoms with E-state index in [1.54, 1.807) is 7.11 Å². The van der Waals surface area contributed by atoms with Gasteiger partial charge in [0.05, 0.1) is 31.3 Å². The first-order valence-corrected chi connectivity index (χ1v) is 9.32. The summed E-state index contributed by atoms with van der Waals surface area (Å²) in [6.45, 7) is 5.29. The van der Waals surface area contributed by atoms with Crippen LogP contribution in [0.25, 0.3) is 11.0 Å². The molecule has 3 aromatic rings. The molecule has 0 spiro atoms. The van der Waals surface area contributed by atoms with Gasteiger partial charge >= 0.3 is 0 Å². The molecule has 0 atom stereocenters. The van der Waals surface area contributed by atoms with Gasteiger partial charge in [0, 0.05) is 12.6 Å². The van der Waals surface area contributed by atoms with Gasteiger partial charge in [0.1, 0.15) is 17.3 Å². The Hall–Kier alpha value is -3.28. The molecule has 0 aliphatic carbocycles. The number of hydrogen-bond acceptors (Lipinski definition) is 4. The summed E-state index contributed by atoms with van der Waals surface area (Å²) in [4.78, 5) is 16.2. The third-order valence-corrected chi connectivity index (χ3v) is 4.43. The highest BCUT2D eigenvalue weighted by atomic mass is 16.5. The van der Waals surface area contributed by atoms with Gasteiger partial charge in [0.15, 0.2) is 0 Å². The normalized spacial score (nSPS) is 10.6. The zero-order valence-electron chi connectivity index (χ0n) is 16.1. The number of benzene rings is 2. The fourth-order valence-electron chi connectivity index (χ4n) is 3.00. The number of unbranched alkanes of at least 4 members (excludes halogenated alkanes) is 1. The fraction of sp³-hybridized carbons (Fsp3) is 0.273. The van der Waals surface area contributed by atoms with Crippen molar-refractivity contribution >= 4 is 16.9 Å². The Bertz CT molecular complexity index is 949. The molecule has 28 heavy (non-hydrogen) atoms. The third kappa shape index (κ3) is 4.91. The van der Waals surface area contributed by atoms with Crippen LogP contribution in [-0.4, -0.2) is 29.2 Å². The maximum Gasteiger partial charge on any atom is 0.243 e. The first kappa shape index (κ1) is 19.5. The summed E-state index contributed by atoms with van der Waals surface area (Å²) in [6.07, 6.45) is 3.11. The van der Waals surface area contributed by atoms with E-state index in [2.05, 4.69) is 21.4 Å². The van der Waals surface area contributed by atoms with Crippen LogP contribution in [0.15, 0.2) is 61.2 Å². The van der Waals surface area contributed by atoms with Gasteiger partial charge in [-0.1, -0.05) is 24.8 Å². The summed E-state index contributed by atoms with van der Waals surface area (Å²) >= 11 is 0. The molecule has 2 aromatic carbocycles. The third-order valence-electron chi connectivity index (χ3n) is 4.43. The smallest absolute Gasteiger partial charge is 0.243 e. The summed E-state index contributed by atoms with van der Waals surface area (Å²) < 4.78 is 13.2. The summed E-state index contributed by atoms with van der Waals surface area (Å²) in [5.41, 5.74) is 2.00. The van der Waals surface area contributed by atoms with Crippen molar-refractivity contribution in [2.45, 2.75) is 25.9 Å². The van der Waals surface area contributed by atoms with Gasteiger partial charge in [-0.25, -0.2) is 4.98 Å². The number of para-hydroxylation sites is 2. The van der Waals surface area contributed by atoms with Crippen LogP contribution in [0.1, 0.15) is 18.7 Å². The minimum Gasteiger partial charge on any atom is -0.497 e. The zero-order valence-corrected chi connectivity index (χ0v) is 16.1. The van der Waals surface area contributed by atoms with Crippen molar-refractivity contribution < 1.29 is 14.3 Å². The lowest BCUT2D eigenvalue weighted by molar-refractivity contribution is -0.116. The first-order valence-electron chi connectivity index (χ1n) is 9.32. The molecule has 3 rings (SSSR count). The lowest BCUT2D eigenvalue weighted by Gasteiger charge is -2.11. The maximum atomic E-state index is 11.5. The number of ether oxygens (including phenoxy) is 2. The quantitative estimate of drug-likeness (QED) is 0.431. The number of nitrogens with one attached hydrogen (secondary N) is 1. The number of aryl methyl sites for hydroxylation is 1. The number of fused-ring (bicyclic) bond motifs is 1. The molecule has 1 aromatic heterocycles. The highest BCUT2D eigenvalue weighted by Gasteiger charge is 2.10. The molecular weight excluding hydrogens is 354 g/mol. The van der Waals surface area contributed by atoms with Crippen molar-refractivity contribution in [1.82, 2.24) is 14.9 Å². The second kappa shape index (κ2) is 9.60. The molecule has 1 N–H and O–H groups in total. The summed E-state index contributed by atoms with van der Waals surface area (Å²) in [5.74, 6) is 2.23.